The molecule has 1 aromatic heterocycles. The van der Waals surface area contributed by atoms with Gasteiger partial charge in [-0.2, -0.15) is 0 Å². The van der Waals surface area contributed by atoms with E-state index >= 15 is 0 Å². The van der Waals surface area contributed by atoms with Crippen LogP contribution in [0.3, 0.4) is 0 Å². The summed E-state index contributed by atoms with van der Waals surface area (Å²) >= 11 is 0. The maximum Gasteiger partial charge on any atom is 0.274 e. The minimum Gasteiger partial charge on any atom is -0.399 e. The lowest BCUT2D eigenvalue weighted by molar-refractivity contribution is -0.385. The molecule has 20 heavy (non-hydrogen) atoms. The summed E-state index contributed by atoms with van der Waals surface area (Å²) in [6.07, 6.45) is 1.43. The predicted octanol–water partition coefficient (Wildman–Crippen LogP) is 1.50. The van der Waals surface area contributed by atoms with E-state index in [1.54, 1.807) is 24.3 Å². The SMILES string of the molecule is Nc1ccnc(C(=O)NCc2ccccc2[N+](=O)[O-])c1. The van der Waals surface area contributed by atoms with Crippen molar-refractivity contribution < 1.29 is 9.72 Å². The number of amides is 1. The van der Waals surface area contributed by atoms with Crippen molar-refractivity contribution in [3.05, 3.63) is 64.0 Å². The van der Waals surface area contributed by atoms with Crippen LogP contribution in [0.25, 0.3) is 0 Å². The number of nitro benzene ring substituents is 1. The Morgan fingerprint density at radius 1 is 1.35 bits per heavy atom. The van der Waals surface area contributed by atoms with Crippen molar-refractivity contribution in [3.8, 4) is 0 Å². The third kappa shape index (κ3) is 3.08. The maximum absolute atomic E-state index is 11.9. The molecular formula is C13H12N4O3. The van der Waals surface area contributed by atoms with Gasteiger partial charge in [-0.3, -0.25) is 19.9 Å². The van der Waals surface area contributed by atoms with Crippen LogP contribution < -0.4 is 11.1 Å². The van der Waals surface area contributed by atoms with Crippen LogP contribution in [0.4, 0.5) is 11.4 Å². The number of carbonyl (C=O) groups is 1. The second kappa shape index (κ2) is 5.79. The van der Waals surface area contributed by atoms with Crippen LogP contribution in [0.5, 0.6) is 0 Å². The number of carbonyl (C=O) groups excluding carboxylic acids is 1. The van der Waals surface area contributed by atoms with Crippen LogP contribution in [0.15, 0.2) is 42.6 Å². The summed E-state index contributed by atoms with van der Waals surface area (Å²) in [6, 6.07) is 9.23. The Morgan fingerprint density at radius 3 is 2.80 bits per heavy atom. The molecule has 0 saturated carbocycles. The summed E-state index contributed by atoms with van der Waals surface area (Å²) in [6.45, 7) is 0.0481. The Bertz CT molecular complexity index is 658. The van der Waals surface area contributed by atoms with Crippen molar-refractivity contribution in [2.24, 2.45) is 0 Å². The molecule has 2 aromatic rings. The number of nitrogens with zero attached hydrogens (tertiary/aromatic N) is 2. The average Bonchev–Trinajstić information content (AvgIpc) is 2.45. The number of hydrogen-bond acceptors (Lipinski definition) is 5. The lowest BCUT2D eigenvalue weighted by Crippen LogP contribution is -2.24. The minimum atomic E-state index is -0.486. The number of nitrogens with one attached hydrogen (secondary N) is 1. The van der Waals surface area contributed by atoms with Gasteiger partial charge in [-0.1, -0.05) is 18.2 Å². The van der Waals surface area contributed by atoms with Gasteiger partial charge in [0.15, 0.2) is 0 Å². The molecule has 7 heteroatoms. The van der Waals surface area contributed by atoms with Crippen LogP contribution in [-0.2, 0) is 6.54 Å². The van der Waals surface area contributed by atoms with Crippen LogP contribution in [0, 0.1) is 10.1 Å². The first-order valence-electron chi connectivity index (χ1n) is 5.80. The van der Waals surface area contributed by atoms with Crippen molar-refractivity contribution in [2.75, 3.05) is 5.73 Å². The van der Waals surface area contributed by atoms with Crippen LogP contribution in [0.1, 0.15) is 16.1 Å². The summed E-state index contributed by atoms with van der Waals surface area (Å²) in [7, 11) is 0. The van der Waals surface area contributed by atoms with E-state index in [4.69, 9.17) is 5.73 Å². The van der Waals surface area contributed by atoms with Crippen LogP contribution in [0.2, 0.25) is 0 Å². The first-order chi connectivity index (χ1) is 9.58. The summed E-state index contributed by atoms with van der Waals surface area (Å²) in [5, 5.41) is 13.4. The zero-order chi connectivity index (χ0) is 14.5. The zero-order valence-electron chi connectivity index (χ0n) is 10.4. The Morgan fingerprint density at radius 2 is 2.10 bits per heavy atom. The number of para-hydroxylation sites is 1. The molecule has 0 unspecified atom stereocenters. The number of hydrogen-bond donors (Lipinski definition) is 2. The quantitative estimate of drug-likeness (QED) is 0.647. The number of benzene rings is 1. The number of nitrogen functional groups attached to an aromatic ring is 1. The highest BCUT2D eigenvalue weighted by molar-refractivity contribution is 5.92. The molecule has 0 aliphatic rings. The molecule has 0 aliphatic heterocycles. The van der Waals surface area contributed by atoms with Crippen molar-refractivity contribution in [1.82, 2.24) is 10.3 Å². The minimum absolute atomic E-state index is 0.0339. The highest BCUT2D eigenvalue weighted by Crippen LogP contribution is 2.17. The molecule has 0 saturated heterocycles. The molecule has 3 N–H and O–H groups in total. The number of rotatable bonds is 4. The van der Waals surface area contributed by atoms with Gasteiger partial charge >= 0.3 is 0 Å². The van der Waals surface area contributed by atoms with E-state index in [0.717, 1.165) is 0 Å². The van der Waals surface area contributed by atoms with E-state index in [0.29, 0.717) is 11.3 Å². The van der Waals surface area contributed by atoms with Gasteiger partial charge < -0.3 is 11.1 Å². The Hall–Kier alpha value is -2.96. The standard InChI is InChI=1S/C13H12N4O3/c14-10-5-6-15-11(7-10)13(18)16-8-9-3-1-2-4-12(9)17(19)20/h1-7H,8H2,(H2,14,15)(H,16,18). The van der Waals surface area contributed by atoms with E-state index in [1.165, 1.54) is 18.3 Å². The van der Waals surface area contributed by atoms with Gasteiger partial charge in [-0.15, -0.1) is 0 Å². The molecule has 0 fully saturated rings. The molecular weight excluding hydrogens is 260 g/mol. The van der Waals surface area contributed by atoms with E-state index in [2.05, 4.69) is 10.3 Å². The fourth-order valence-electron chi connectivity index (χ4n) is 1.68. The summed E-state index contributed by atoms with van der Waals surface area (Å²) in [5.41, 5.74) is 6.55. The molecule has 0 radical (unpaired) electrons. The second-order valence-corrected chi connectivity index (χ2v) is 4.04. The molecule has 102 valence electrons. The largest absolute Gasteiger partial charge is 0.399 e. The van der Waals surface area contributed by atoms with Gasteiger partial charge in [0.1, 0.15) is 5.69 Å². The third-order valence-electron chi connectivity index (χ3n) is 2.64. The van der Waals surface area contributed by atoms with Crippen molar-refractivity contribution >= 4 is 17.3 Å². The normalized spacial score (nSPS) is 10.0. The topological polar surface area (TPSA) is 111 Å². The molecule has 0 bridgehead atoms. The van der Waals surface area contributed by atoms with Crippen molar-refractivity contribution in [2.45, 2.75) is 6.54 Å². The fourth-order valence-corrected chi connectivity index (χ4v) is 1.68. The van der Waals surface area contributed by atoms with E-state index in [-0.39, 0.29) is 17.9 Å². The van der Waals surface area contributed by atoms with Gasteiger partial charge in [-0.05, 0) is 12.1 Å². The van der Waals surface area contributed by atoms with Gasteiger partial charge in [0, 0.05) is 30.1 Å². The van der Waals surface area contributed by atoms with Gasteiger partial charge in [-0.25, -0.2) is 0 Å². The summed E-state index contributed by atoms with van der Waals surface area (Å²) in [5.74, 6) is -0.435. The van der Waals surface area contributed by atoms with E-state index in [9.17, 15) is 14.9 Å². The number of nitrogens with two attached hydrogens (primary N) is 1. The molecule has 1 amide bonds. The highest BCUT2D eigenvalue weighted by Gasteiger charge is 2.14. The lowest BCUT2D eigenvalue weighted by atomic mass is 10.2. The molecule has 1 heterocycles. The van der Waals surface area contributed by atoms with Gasteiger partial charge in [0.05, 0.1) is 4.92 Å². The smallest absolute Gasteiger partial charge is 0.274 e. The Labute approximate surface area is 114 Å². The first-order valence-corrected chi connectivity index (χ1v) is 5.80. The predicted molar refractivity (Wildman–Crippen MR) is 72.9 cm³/mol. The summed E-state index contributed by atoms with van der Waals surface area (Å²) in [4.78, 5) is 26.1. The first kappa shape index (κ1) is 13.5. The Balaban J connectivity index is 2.09. The molecule has 0 aliphatic carbocycles. The molecule has 0 atom stereocenters. The van der Waals surface area contributed by atoms with Gasteiger partial charge in [0.2, 0.25) is 0 Å². The lowest BCUT2D eigenvalue weighted by Gasteiger charge is -2.05. The van der Waals surface area contributed by atoms with Crippen molar-refractivity contribution in [3.63, 3.8) is 0 Å². The molecule has 0 spiro atoms. The van der Waals surface area contributed by atoms with Crippen LogP contribution in [-0.4, -0.2) is 15.8 Å². The Kier molecular flexibility index (Phi) is 3.90. The number of pyridine rings is 1. The third-order valence-corrected chi connectivity index (χ3v) is 2.64. The molecule has 2 rings (SSSR count). The molecule has 1 aromatic carbocycles. The zero-order valence-corrected chi connectivity index (χ0v) is 10.4. The highest BCUT2D eigenvalue weighted by atomic mass is 16.6. The second-order valence-electron chi connectivity index (χ2n) is 4.04. The van der Waals surface area contributed by atoms with E-state index < -0.39 is 10.8 Å². The van der Waals surface area contributed by atoms with Crippen molar-refractivity contribution in [1.29, 1.82) is 0 Å². The van der Waals surface area contributed by atoms with Crippen LogP contribution >= 0.6 is 0 Å². The van der Waals surface area contributed by atoms with E-state index in [1.807, 2.05) is 0 Å². The fraction of sp³-hybridized carbons (Fsp3) is 0.0769. The number of nitro groups is 1. The summed E-state index contributed by atoms with van der Waals surface area (Å²) < 4.78 is 0. The average molecular weight is 272 g/mol. The number of aromatic nitrogens is 1. The maximum atomic E-state index is 11.9. The number of anilines is 1. The molecule has 7 nitrogen and oxygen atoms in total. The van der Waals surface area contributed by atoms with Gasteiger partial charge in [0.25, 0.3) is 11.6 Å². The monoisotopic (exact) mass is 272 g/mol.